The van der Waals surface area contributed by atoms with Gasteiger partial charge in [-0.3, -0.25) is 9.59 Å². The van der Waals surface area contributed by atoms with Crippen molar-refractivity contribution in [2.75, 3.05) is 26.7 Å². The molecule has 1 heterocycles. The molecular weight excluding hydrogens is 236 g/mol. The summed E-state index contributed by atoms with van der Waals surface area (Å²) in [5.74, 6) is -0.716. The minimum Gasteiger partial charge on any atom is -0.480 e. The summed E-state index contributed by atoms with van der Waals surface area (Å²) in [5, 5.41) is 11.4. The van der Waals surface area contributed by atoms with E-state index in [9.17, 15) is 9.59 Å². The fourth-order valence-electron chi connectivity index (χ4n) is 2.59. The molecule has 0 bridgehead atoms. The average molecular weight is 258 g/mol. The molecule has 1 saturated heterocycles. The summed E-state index contributed by atoms with van der Waals surface area (Å²) >= 11 is 0. The van der Waals surface area contributed by atoms with Gasteiger partial charge >= 0.3 is 5.97 Å². The molecule has 1 aliphatic heterocycles. The van der Waals surface area contributed by atoms with Gasteiger partial charge in [-0.05, 0) is 18.8 Å². The van der Waals surface area contributed by atoms with Gasteiger partial charge in [0.2, 0.25) is 6.41 Å². The lowest BCUT2D eigenvalue weighted by molar-refractivity contribution is -0.136. The number of hydrogen-bond acceptors (Lipinski definition) is 4. The first-order valence-corrected chi connectivity index (χ1v) is 6.26. The first kappa shape index (κ1) is 14.9. The van der Waals surface area contributed by atoms with Crippen molar-refractivity contribution in [3.63, 3.8) is 0 Å². The first-order valence-electron chi connectivity index (χ1n) is 6.26. The minimum atomic E-state index is -0.869. The summed E-state index contributed by atoms with van der Waals surface area (Å²) in [5.41, 5.74) is 0. The number of methoxy groups -OCH3 is 1. The molecule has 1 aliphatic rings. The average Bonchev–Trinajstić information content (AvgIpc) is 2.77. The second kappa shape index (κ2) is 7.33. The standard InChI is InChI=1S/C12H22N2O4/c1-9(6-13-7-11(16)17)12(18-2)10-4-3-5-14(10)8-15/h8-10,12-13H,3-7H2,1-2H3,(H,16,17). The lowest BCUT2D eigenvalue weighted by atomic mass is 9.96. The predicted molar refractivity (Wildman–Crippen MR) is 66.3 cm³/mol. The van der Waals surface area contributed by atoms with Crippen LogP contribution in [0.1, 0.15) is 19.8 Å². The van der Waals surface area contributed by atoms with Crippen molar-refractivity contribution in [1.82, 2.24) is 10.2 Å². The number of carboxylic acid groups (broad SMARTS) is 1. The monoisotopic (exact) mass is 258 g/mol. The molecule has 3 unspecified atom stereocenters. The SMILES string of the molecule is COC(C(C)CNCC(=O)O)C1CCCN1C=O. The van der Waals surface area contributed by atoms with Gasteiger partial charge in [-0.15, -0.1) is 0 Å². The molecule has 1 amide bonds. The second-order valence-electron chi connectivity index (χ2n) is 4.76. The van der Waals surface area contributed by atoms with Crippen LogP contribution in [0.2, 0.25) is 0 Å². The Hall–Kier alpha value is -1.14. The molecule has 18 heavy (non-hydrogen) atoms. The van der Waals surface area contributed by atoms with Gasteiger partial charge in [0.25, 0.3) is 0 Å². The van der Waals surface area contributed by atoms with E-state index in [4.69, 9.17) is 9.84 Å². The first-order chi connectivity index (χ1) is 8.60. The van der Waals surface area contributed by atoms with Crippen LogP contribution in [0.4, 0.5) is 0 Å². The minimum absolute atomic E-state index is 0.0527. The number of carbonyl (C=O) groups is 2. The summed E-state index contributed by atoms with van der Waals surface area (Å²) in [4.78, 5) is 23.1. The Kier molecular flexibility index (Phi) is 6.07. The van der Waals surface area contributed by atoms with Crippen LogP contribution in [0.5, 0.6) is 0 Å². The van der Waals surface area contributed by atoms with Crippen molar-refractivity contribution in [2.24, 2.45) is 5.92 Å². The van der Waals surface area contributed by atoms with E-state index in [1.165, 1.54) is 0 Å². The van der Waals surface area contributed by atoms with Gasteiger partial charge in [0.05, 0.1) is 18.7 Å². The number of nitrogens with zero attached hydrogens (tertiary/aromatic N) is 1. The van der Waals surface area contributed by atoms with Crippen molar-refractivity contribution in [3.8, 4) is 0 Å². The lowest BCUT2D eigenvalue weighted by Crippen LogP contribution is -2.45. The zero-order valence-corrected chi connectivity index (χ0v) is 11.0. The zero-order valence-electron chi connectivity index (χ0n) is 11.0. The van der Waals surface area contributed by atoms with Crippen LogP contribution in [0, 0.1) is 5.92 Å². The maximum absolute atomic E-state index is 10.9. The number of hydrogen-bond donors (Lipinski definition) is 2. The van der Waals surface area contributed by atoms with Crippen LogP contribution < -0.4 is 5.32 Å². The number of amides is 1. The molecule has 0 aliphatic carbocycles. The third kappa shape index (κ3) is 3.96. The molecule has 104 valence electrons. The van der Waals surface area contributed by atoms with Gasteiger partial charge in [-0.25, -0.2) is 0 Å². The van der Waals surface area contributed by atoms with E-state index < -0.39 is 5.97 Å². The van der Waals surface area contributed by atoms with Crippen LogP contribution in [-0.4, -0.2) is 61.3 Å². The van der Waals surface area contributed by atoms with Gasteiger partial charge in [0.15, 0.2) is 0 Å². The molecule has 0 aromatic heterocycles. The van der Waals surface area contributed by atoms with Crippen LogP contribution >= 0.6 is 0 Å². The molecular formula is C12H22N2O4. The Morgan fingerprint density at radius 1 is 1.67 bits per heavy atom. The lowest BCUT2D eigenvalue weighted by Gasteiger charge is -2.32. The molecule has 0 radical (unpaired) electrons. The maximum atomic E-state index is 10.9. The molecule has 1 rings (SSSR count). The normalized spacial score (nSPS) is 22.8. The van der Waals surface area contributed by atoms with Crippen molar-refractivity contribution >= 4 is 12.4 Å². The van der Waals surface area contributed by atoms with E-state index in [-0.39, 0.29) is 24.6 Å². The van der Waals surface area contributed by atoms with Gasteiger partial charge < -0.3 is 20.1 Å². The van der Waals surface area contributed by atoms with Crippen molar-refractivity contribution in [3.05, 3.63) is 0 Å². The topological polar surface area (TPSA) is 78.9 Å². The molecule has 3 atom stereocenters. The number of aliphatic carboxylic acids is 1. The number of nitrogens with one attached hydrogen (secondary N) is 1. The van der Waals surface area contributed by atoms with Gasteiger partial charge in [-0.1, -0.05) is 6.92 Å². The van der Waals surface area contributed by atoms with E-state index in [2.05, 4.69) is 5.32 Å². The fourth-order valence-corrected chi connectivity index (χ4v) is 2.59. The molecule has 1 fully saturated rings. The summed E-state index contributed by atoms with van der Waals surface area (Å²) in [6, 6.07) is 0.106. The number of likely N-dealkylation sites (tertiary alicyclic amines) is 1. The second-order valence-corrected chi connectivity index (χ2v) is 4.76. The van der Waals surface area contributed by atoms with Gasteiger partial charge in [0.1, 0.15) is 0 Å². The highest BCUT2D eigenvalue weighted by Gasteiger charge is 2.34. The number of ether oxygens (including phenoxy) is 1. The van der Waals surface area contributed by atoms with Crippen LogP contribution in [0.25, 0.3) is 0 Å². The quantitative estimate of drug-likeness (QED) is 0.596. The molecule has 0 saturated carbocycles. The zero-order chi connectivity index (χ0) is 13.5. The highest BCUT2D eigenvalue weighted by Crippen LogP contribution is 2.24. The van der Waals surface area contributed by atoms with Crippen LogP contribution in [0.3, 0.4) is 0 Å². The maximum Gasteiger partial charge on any atom is 0.317 e. The summed E-state index contributed by atoms with van der Waals surface area (Å²) < 4.78 is 5.50. The molecule has 6 heteroatoms. The van der Waals surface area contributed by atoms with Crippen molar-refractivity contribution < 1.29 is 19.4 Å². The van der Waals surface area contributed by atoms with Gasteiger partial charge in [-0.2, -0.15) is 0 Å². The number of rotatable bonds is 8. The Labute approximate surface area is 107 Å². The van der Waals surface area contributed by atoms with Crippen LogP contribution in [0.15, 0.2) is 0 Å². The Morgan fingerprint density at radius 3 is 2.94 bits per heavy atom. The van der Waals surface area contributed by atoms with Crippen molar-refractivity contribution in [1.29, 1.82) is 0 Å². The number of carboxylic acids is 1. The largest absolute Gasteiger partial charge is 0.480 e. The Balaban J connectivity index is 2.48. The molecule has 0 aromatic rings. The third-order valence-corrected chi connectivity index (χ3v) is 3.43. The third-order valence-electron chi connectivity index (χ3n) is 3.43. The Morgan fingerprint density at radius 2 is 2.39 bits per heavy atom. The van der Waals surface area contributed by atoms with E-state index in [0.717, 1.165) is 25.8 Å². The van der Waals surface area contributed by atoms with E-state index in [1.807, 2.05) is 6.92 Å². The fraction of sp³-hybridized carbons (Fsp3) is 0.833. The van der Waals surface area contributed by atoms with Gasteiger partial charge in [0, 0.05) is 20.2 Å². The van der Waals surface area contributed by atoms with E-state index >= 15 is 0 Å². The molecule has 0 spiro atoms. The molecule has 6 nitrogen and oxygen atoms in total. The molecule has 2 N–H and O–H groups in total. The summed E-state index contributed by atoms with van der Waals surface area (Å²) in [7, 11) is 1.64. The number of carbonyl (C=O) groups excluding carboxylic acids is 1. The van der Waals surface area contributed by atoms with Crippen molar-refractivity contribution in [2.45, 2.75) is 31.9 Å². The Bertz CT molecular complexity index is 285. The van der Waals surface area contributed by atoms with E-state index in [0.29, 0.717) is 6.54 Å². The summed E-state index contributed by atoms with van der Waals surface area (Å²) in [6.07, 6.45) is 2.76. The van der Waals surface area contributed by atoms with Crippen LogP contribution in [-0.2, 0) is 14.3 Å². The summed E-state index contributed by atoms with van der Waals surface area (Å²) in [6.45, 7) is 3.30. The van der Waals surface area contributed by atoms with E-state index in [1.54, 1.807) is 12.0 Å². The predicted octanol–water partition coefficient (Wildman–Crippen LogP) is -0.0675. The molecule has 0 aromatic carbocycles. The highest BCUT2D eigenvalue weighted by atomic mass is 16.5. The smallest absolute Gasteiger partial charge is 0.317 e. The highest BCUT2D eigenvalue weighted by molar-refractivity contribution is 5.68.